The van der Waals surface area contributed by atoms with Crippen LogP contribution in [0.15, 0.2) is 0 Å². The summed E-state index contributed by atoms with van der Waals surface area (Å²) < 4.78 is 2.03. The second kappa shape index (κ2) is 6.35. The van der Waals surface area contributed by atoms with Crippen LogP contribution in [0.1, 0.15) is 51.0 Å². The molecule has 0 amide bonds. The Kier molecular flexibility index (Phi) is 4.79. The Morgan fingerprint density at radius 3 is 2.94 bits per heavy atom. The molecular formula is C11H21N5S. The van der Waals surface area contributed by atoms with E-state index in [0.717, 1.165) is 18.8 Å². The van der Waals surface area contributed by atoms with Crippen LogP contribution in [0.25, 0.3) is 0 Å². The quantitative estimate of drug-likeness (QED) is 0.869. The van der Waals surface area contributed by atoms with Crippen LogP contribution in [0, 0.1) is 0 Å². The molecule has 0 aromatic carbocycles. The van der Waals surface area contributed by atoms with Crippen LogP contribution in [-0.4, -0.2) is 38.3 Å². The third-order valence-corrected chi connectivity index (χ3v) is 4.19. The van der Waals surface area contributed by atoms with Crippen molar-refractivity contribution >= 4 is 11.8 Å². The Morgan fingerprint density at radius 1 is 1.47 bits per heavy atom. The number of thioether (sulfide) groups is 1. The molecule has 2 rings (SSSR count). The first kappa shape index (κ1) is 12.8. The van der Waals surface area contributed by atoms with Crippen LogP contribution in [0.5, 0.6) is 0 Å². The second-order valence-corrected chi connectivity index (χ2v) is 5.73. The van der Waals surface area contributed by atoms with Gasteiger partial charge in [-0.15, -0.1) is 5.10 Å². The van der Waals surface area contributed by atoms with Crippen molar-refractivity contribution in [3.63, 3.8) is 0 Å². The van der Waals surface area contributed by atoms with Crippen LogP contribution in [0.4, 0.5) is 0 Å². The third-order valence-electron chi connectivity index (χ3n) is 3.14. The number of aromatic nitrogens is 4. The molecule has 0 saturated carbocycles. The topological polar surface area (TPSA) is 55.6 Å². The molecule has 17 heavy (non-hydrogen) atoms. The zero-order valence-electron chi connectivity index (χ0n) is 10.6. The molecule has 1 N–H and O–H groups in total. The molecule has 2 heterocycles. The summed E-state index contributed by atoms with van der Waals surface area (Å²) in [4.78, 5) is 0. The monoisotopic (exact) mass is 255 g/mol. The van der Waals surface area contributed by atoms with Gasteiger partial charge in [-0.05, 0) is 54.7 Å². The van der Waals surface area contributed by atoms with Crippen LogP contribution in [-0.2, 0) is 0 Å². The van der Waals surface area contributed by atoms with Crippen molar-refractivity contribution < 1.29 is 0 Å². The summed E-state index contributed by atoms with van der Waals surface area (Å²) in [6.45, 7) is 5.31. The van der Waals surface area contributed by atoms with Crippen molar-refractivity contribution in [1.82, 2.24) is 25.5 Å². The maximum atomic E-state index is 4.18. The molecule has 1 aliphatic heterocycles. The van der Waals surface area contributed by atoms with Crippen LogP contribution >= 0.6 is 11.8 Å². The van der Waals surface area contributed by atoms with Crippen molar-refractivity contribution in [1.29, 1.82) is 0 Å². The predicted octanol–water partition coefficient (Wildman–Crippen LogP) is 1.80. The predicted molar refractivity (Wildman–Crippen MR) is 70.1 cm³/mol. The smallest absolute Gasteiger partial charge is 0.168 e. The molecule has 1 fully saturated rings. The minimum atomic E-state index is 0.236. The SMILES string of the molecule is CCCNC(C)c1nnnn1C1CCSCC1. The molecule has 0 spiro atoms. The van der Waals surface area contributed by atoms with Crippen LogP contribution < -0.4 is 5.32 Å². The van der Waals surface area contributed by atoms with E-state index in [1.54, 1.807) is 0 Å². The lowest BCUT2D eigenvalue weighted by molar-refractivity contribution is 0.383. The minimum absolute atomic E-state index is 0.236. The van der Waals surface area contributed by atoms with Gasteiger partial charge in [-0.3, -0.25) is 0 Å². The Bertz CT molecular complexity index is 334. The molecule has 1 unspecified atom stereocenters. The summed E-state index contributed by atoms with van der Waals surface area (Å²) in [5, 5.41) is 15.6. The summed E-state index contributed by atoms with van der Waals surface area (Å²) in [6.07, 6.45) is 3.50. The molecule has 0 bridgehead atoms. The van der Waals surface area contributed by atoms with E-state index in [9.17, 15) is 0 Å². The van der Waals surface area contributed by atoms with Gasteiger partial charge in [-0.25, -0.2) is 4.68 Å². The average Bonchev–Trinajstić information content (AvgIpc) is 2.86. The molecule has 1 aliphatic rings. The van der Waals surface area contributed by atoms with E-state index in [2.05, 4.69) is 34.7 Å². The zero-order chi connectivity index (χ0) is 12.1. The molecular weight excluding hydrogens is 234 g/mol. The van der Waals surface area contributed by atoms with Gasteiger partial charge in [0.15, 0.2) is 5.82 Å². The van der Waals surface area contributed by atoms with Crippen molar-refractivity contribution in [3.8, 4) is 0 Å². The Hall–Kier alpha value is -0.620. The number of nitrogens with zero attached hydrogens (tertiary/aromatic N) is 4. The first-order valence-electron chi connectivity index (χ1n) is 6.41. The number of hydrogen-bond donors (Lipinski definition) is 1. The molecule has 6 heteroatoms. The molecule has 0 radical (unpaired) electrons. The second-order valence-electron chi connectivity index (χ2n) is 4.50. The highest BCUT2D eigenvalue weighted by Crippen LogP contribution is 2.27. The largest absolute Gasteiger partial charge is 0.307 e. The summed E-state index contributed by atoms with van der Waals surface area (Å²) in [6, 6.07) is 0.728. The van der Waals surface area contributed by atoms with Gasteiger partial charge in [0.25, 0.3) is 0 Å². The Balaban J connectivity index is 2.04. The van der Waals surface area contributed by atoms with E-state index >= 15 is 0 Å². The lowest BCUT2D eigenvalue weighted by Crippen LogP contribution is -2.26. The van der Waals surface area contributed by atoms with Gasteiger partial charge in [-0.1, -0.05) is 6.92 Å². The van der Waals surface area contributed by atoms with Gasteiger partial charge < -0.3 is 5.32 Å². The number of rotatable bonds is 5. The van der Waals surface area contributed by atoms with E-state index in [1.165, 1.54) is 24.3 Å². The molecule has 96 valence electrons. The van der Waals surface area contributed by atoms with Crippen molar-refractivity contribution in [2.24, 2.45) is 0 Å². The fourth-order valence-electron chi connectivity index (χ4n) is 2.13. The molecule has 1 atom stereocenters. The van der Waals surface area contributed by atoms with Gasteiger partial charge in [0.1, 0.15) is 0 Å². The number of hydrogen-bond acceptors (Lipinski definition) is 5. The third kappa shape index (κ3) is 3.19. The van der Waals surface area contributed by atoms with Gasteiger partial charge in [0.2, 0.25) is 0 Å². The van der Waals surface area contributed by atoms with E-state index in [4.69, 9.17) is 0 Å². The van der Waals surface area contributed by atoms with Crippen molar-refractivity contribution in [2.75, 3.05) is 18.1 Å². The minimum Gasteiger partial charge on any atom is -0.307 e. The summed E-state index contributed by atoms with van der Waals surface area (Å²) in [5.41, 5.74) is 0. The van der Waals surface area contributed by atoms with Crippen LogP contribution in [0.3, 0.4) is 0 Å². The number of tetrazole rings is 1. The van der Waals surface area contributed by atoms with Gasteiger partial charge in [0, 0.05) is 0 Å². The highest BCUT2D eigenvalue weighted by atomic mass is 32.2. The molecule has 1 aromatic rings. The molecule has 1 saturated heterocycles. The highest BCUT2D eigenvalue weighted by molar-refractivity contribution is 7.99. The fraction of sp³-hybridized carbons (Fsp3) is 0.909. The Labute approximate surface area is 107 Å². The fourth-order valence-corrected chi connectivity index (χ4v) is 3.21. The van der Waals surface area contributed by atoms with E-state index in [-0.39, 0.29) is 6.04 Å². The number of nitrogens with one attached hydrogen (secondary N) is 1. The summed E-state index contributed by atoms with van der Waals surface area (Å²) in [5.74, 6) is 3.43. The first-order valence-corrected chi connectivity index (χ1v) is 7.57. The molecule has 1 aromatic heterocycles. The normalized spacial score (nSPS) is 19.4. The molecule has 0 aliphatic carbocycles. The van der Waals surface area contributed by atoms with Gasteiger partial charge in [0.05, 0.1) is 12.1 Å². The van der Waals surface area contributed by atoms with Crippen molar-refractivity contribution in [3.05, 3.63) is 5.82 Å². The van der Waals surface area contributed by atoms with Gasteiger partial charge >= 0.3 is 0 Å². The highest BCUT2D eigenvalue weighted by Gasteiger charge is 2.22. The van der Waals surface area contributed by atoms with Gasteiger partial charge in [-0.2, -0.15) is 11.8 Å². The average molecular weight is 255 g/mol. The van der Waals surface area contributed by atoms with E-state index in [0.29, 0.717) is 6.04 Å². The van der Waals surface area contributed by atoms with E-state index in [1.807, 2.05) is 16.4 Å². The Morgan fingerprint density at radius 2 is 2.24 bits per heavy atom. The summed E-state index contributed by atoms with van der Waals surface area (Å²) in [7, 11) is 0. The van der Waals surface area contributed by atoms with Crippen molar-refractivity contribution in [2.45, 2.75) is 45.2 Å². The lowest BCUT2D eigenvalue weighted by Gasteiger charge is -2.23. The maximum absolute atomic E-state index is 4.18. The van der Waals surface area contributed by atoms with Crippen LogP contribution in [0.2, 0.25) is 0 Å². The maximum Gasteiger partial charge on any atom is 0.168 e. The standard InChI is InChI=1S/C11H21N5S/c1-3-6-12-9(2)11-13-14-15-16(11)10-4-7-17-8-5-10/h9-10,12H,3-8H2,1-2H3. The first-order chi connectivity index (χ1) is 8.33. The lowest BCUT2D eigenvalue weighted by atomic mass is 10.1. The molecule has 5 nitrogen and oxygen atoms in total. The zero-order valence-corrected chi connectivity index (χ0v) is 11.4. The van der Waals surface area contributed by atoms with E-state index < -0.39 is 0 Å². The summed E-state index contributed by atoms with van der Waals surface area (Å²) >= 11 is 2.03.